The first kappa shape index (κ1) is 20.7. The lowest BCUT2D eigenvalue weighted by molar-refractivity contribution is -0.142. The van der Waals surface area contributed by atoms with Gasteiger partial charge >= 0.3 is 0 Å². The zero-order valence-corrected chi connectivity index (χ0v) is 16.1. The van der Waals surface area contributed by atoms with E-state index in [0.717, 1.165) is 12.0 Å². The van der Waals surface area contributed by atoms with E-state index in [4.69, 9.17) is 9.15 Å². The smallest absolute Gasteiger partial charge is 0.242 e. The minimum atomic E-state index is -0.115. The maximum Gasteiger partial charge on any atom is 0.242 e. The molecule has 0 saturated carbocycles. The van der Waals surface area contributed by atoms with Gasteiger partial charge in [-0.15, -0.1) is 0 Å². The summed E-state index contributed by atoms with van der Waals surface area (Å²) < 4.78 is 10.5. The Morgan fingerprint density at radius 2 is 1.78 bits per heavy atom. The molecule has 27 heavy (non-hydrogen) atoms. The van der Waals surface area contributed by atoms with Crippen molar-refractivity contribution in [1.29, 1.82) is 0 Å². The molecule has 1 aromatic heterocycles. The van der Waals surface area contributed by atoms with Crippen molar-refractivity contribution in [3.05, 3.63) is 60.1 Å². The lowest BCUT2D eigenvalue weighted by atomic mass is 10.2. The Bertz CT molecular complexity index is 685. The number of nitrogens with zero attached hydrogens (tertiary/aromatic N) is 2. The first-order chi connectivity index (χ1) is 13.1. The highest BCUT2D eigenvalue weighted by atomic mass is 16.5. The summed E-state index contributed by atoms with van der Waals surface area (Å²) >= 11 is 0. The van der Waals surface area contributed by atoms with E-state index in [-0.39, 0.29) is 18.4 Å². The highest BCUT2D eigenvalue weighted by molar-refractivity contribution is 5.84. The average molecular weight is 372 g/mol. The van der Waals surface area contributed by atoms with Gasteiger partial charge in [0.2, 0.25) is 11.8 Å². The second kappa shape index (κ2) is 11.2. The summed E-state index contributed by atoms with van der Waals surface area (Å²) in [7, 11) is 1.59. The second-order valence-corrected chi connectivity index (χ2v) is 6.37. The summed E-state index contributed by atoms with van der Waals surface area (Å²) in [6.07, 6.45) is 2.76. The Hall–Kier alpha value is -2.60. The number of ether oxygens (including phenoxy) is 1. The Morgan fingerprint density at radius 1 is 1.00 bits per heavy atom. The van der Waals surface area contributed by atoms with Crippen molar-refractivity contribution in [2.24, 2.45) is 0 Å². The lowest BCUT2D eigenvalue weighted by Gasteiger charge is -2.27. The van der Waals surface area contributed by atoms with E-state index in [0.29, 0.717) is 38.4 Å². The van der Waals surface area contributed by atoms with Gasteiger partial charge in [-0.05, 0) is 24.1 Å². The van der Waals surface area contributed by atoms with E-state index in [1.807, 2.05) is 43.3 Å². The topological polar surface area (TPSA) is 63.0 Å². The van der Waals surface area contributed by atoms with E-state index < -0.39 is 0 Å². The molecule has 0 bridgehead atoms. The van der Waals surface area contributed by atoms with Crippen molar-refractivity contribution in [2.45, 2.75) is 32.9 Å². The van der Waals surface area contributed by atoms with Gasteiger partial charge in [-0.1, -0.05) is 37.3 Å². The van der Waals surface area contributed by atoms with E-state index in [2.05, 4.69) is 0 Å². The number of amides is 2. The maximum atomic E-state index is 13.0. The van der Waals surface area contributed by atoms with Gasteiger partial charge in [-0.25, -0.2) is 0 Å². The zero-order chi connectivity index (χ0) is 19.5. The third-order valence-electron chi connectivity index (χ3n) is 4.20. The van der Waals surface area contributed by atoms with Gasteiger partial charge in [0.05, 0.1) is 26.0 Å². The van der Waals surface area contributed by atoms with E-state index in [1.54, 1.807) is 29.2 Å². The zero-order valence-electron chi connectivity index (χ0n) is 16.1. The molecule has 2 amide bonds. The number of methoxy groups -OCH3 is 1. The van der Waals surface area contributed by atoms with E-state index >= 15 is 0 Å². The van der Waals surface area contributed by atoms with Crippen LogP contribution in [0.2, 0.25) is 0 Å². The molecule has 6 nitrogen and oxygen atoms in total. The minimum absolute atomic E-state index is 0.0273. The molecule has 2 rings (SSSR count). The summed E-state index contributed by atoms with van der Waals surface area (Å²) in [5.41, 5.74) is 1.03. The van der Waals surface area contributed by atoms with Crippen molar-refractivity contribution < 1.29 is 18.7 Å². The molecule has 2 aromatic rings. The number of furan rings is 1. The normalized spacial score (nSPS) is 10.6. The first-order valence-corrected chi connectivity index (χ1v) is 9.24. The largest absolute Gasteiger partial charge is 0.467 e. The van der Waals surface area contributed by atoms with Gasteiger partial charge in [0.25, 0.3) is 0 Å². The summed E-state index contributed by atoms with van der Waals surface area (Å²) in [6.45, 7) is 3.62. The molecule has 1 heterocycles. The van der Waals surface area contributed by atoms with Crippen LogP contribution in [0.15, 0.2) is 53.1 Å². The fourth-order valence-corrected chi connectivity index (χ4v) is 2.76. The van der Waals surface area contributed by atoms with Crippen LogP contribution in [0.5, 0.6) is 0 Å². The van der Waals surface area contributed by atoms with Gasteiger partial charge in [0.15, 0.2) is 0 Å². The van der Waals surface area contributed by atoms with Gasteiger partial charge < -0.3 is 19.0 Å². The fourth-order valence-electron chi connectivity index (χ4n) is 2.76. The molecular formula is C21H28N2O4. The van der Waals surface area contributed by atoms with Crippen molar-refractivity contribution >= 4 is 11.8 Å². The monoisotopic (exact) mass is 372 g/mol. The Kier molecular flexibility index (Phi) is 8.58. The summed E-state index contributed by atoms with van der Waals surface area (Å²) in [5, 5.41) is 0. The predicted molar refractivity (Wildman–Crippen MR) is 103 cm³/mol. The van der Waals surface area contributed by atoms with Crippen LogP contribution in [0.25, 0.3) is 0 Å². The molecule has 1 aromatic carbocycles. The number of benzene rings is 1. The van der Waals surface area contributed by atoms with Crippen LogP contribution in [0.1, 0.15) is 31.1 Å². The lowest BCUT2D eigenvalue weighted by Crippen LogP contribution is -2.43. The highest BCUT2D eigenvalue weighted by Crippen LogP contribution is 2.12. The molecule has 0 aliphatic rings. The molecule has 0 saturated heterocycles. The molecule has 0 fully saturated rings. The number of hydrogen-bond donors (Lipinski definition) is 0. The van der Waals surface area contributed by atoms with E-state index in [9.17, 15) is 9.59 Å². The van der Waals surface area contributed by atoms with Crippen LogP contribution in [0.3, 0.4) is 0 Å². The van der Waals surface area contributed by atoms with Crippen LogP contribution < -0.4 is 0 Å². The van der Waals surface area contributed by atoms with Gasteiger partial charge in [0, 0.05) is 26.6 Å². The summed E-state index contributed by atoms with van der Waals surface area (Å²) in [5.74, 6) is 0.568. The molecule has 0 radical (unpaired) electrons. The predicted octanol–water partition coefficient (Wildman–Crippen LogP) is 3.08. The molecule has 0 spiro atoms. The number of carbonyl (C=O) groups is 2. The van der Waals surface area contributed by atoms with Crippen LogP contribution in [-0.2, 0) is 27.4 Å². The van der Waals surface area contributed by atoms with Gasteiger partial charge in [0.1, 0.15) is 5.76 Å². The number of carbonyl (C=O) groups excluding carboxylic acids is 2. The maximum absolute atomic E-state index is 13.0. The molecule has 0 aliphatic carbocycles. The highest BCUT2D eigenvalue weighted by Gasteiger charge is 2.22. The first-order valence-electron chi connectivity index (χ1n) is 9.24. The standard InChI is InChI=1S/C21H28N2O4/c1-3-8-20(24)22(12-14-26-2)17-21(25)23(16-19-11-7-13-27-19)15-18-9-5-4-6-10-18/h4-7,9-11,13H,3,8,12,14-17H2,1-2H3. The molecule has 146 valence electrons. The molecule has 0 unspecified atom stereocenters. The Morgan fingerprint density at radius 3 is 2.41 bits per heavy atom. The van der Waals surface area contributed by atoms with Crippen LogP contribution in [0, 0.1) is 0 Å². The van der Waals surface area contributed by atoms with Crippen molar-refractivity contribution in [3.8, 4) is 0 Å². The molecule has 0 N–H and O–H groups in total. The van der Waals surface area contributed by atoms with Gasteiger partial charge in [-0.2, -0.15) is 0 Å². The summed E-state index contributed by atoms with van der Waals surface area (Å²) in [4.78, 5) is 28.7. The molecule has 6 heteroatoms. The van der Waals surface area contributed by atoms with Crippen LogP contribution in [0.4, 0.5) is 0 Å². The Labute approximate surface area is 160 Å². The van der Waals surface area contributed by atoms with Crippen LogP contribution in [-0.4, -0.2) is 48.4 Å². The number of rotatable bonds is 11. The second-order valence-electron chi connectivity index (χ2n) is 6.37. The van der Waals surface area contributed by atoms with Crippen molar-refractivity contribution in [3.63, 3.8) is 0 Å². The third-order valence-corrected chi connectivity index (χ3v) is 4.20. The van der Waals surface area contributed by atoms with E-state index in [1.165, 1.54) is 0 Å². The van der Waals surface area contributed by atoms with Gasteiger partial charge in [-0.3, -0.25) is 9.59 Å². The minimum Gasteiger partial charge on any atom is -0.467 e. The quantitative estimate of drug-likeness (QED) is 0.608. The molecule has 0 atom stereocenters. The summed E-state index contributed by atoms with van der Waals surface area (Å²) in [6, 6.07) is 13.4. The fraction of sp³-hybridized carbons (Fsp3) is 0.429. The Balaban J connectivity index is 2.11. The average Bonchev–Trinajstić information content (AvgIpc) is 3.18. The number of hydrogen-bond acceptors (Lipinski definition) is 4. The van der Waals surface area contributed by atoms with Crippen molar-refractivity contribution in [1.82, 2.24) is 9.80 Å². The third kappa shape index (κ3) is 6.90. The van der Waals surface area contributed by atoms with Crippen molar-refractivity contribution in [2.75, 3.05) is 26.8 Å². The molecular weight excluding hydrogens is 344 g/mol. The van der Waals surface area contributed by atoms with Crippen LogP contribution >= 0.6 is 0 Å². The SMILES string of the molecule is CCCC(=O)N(CCOC)CC(=O)N(Cc1ccccc1)Cc1ccco1. The molecule has 0 aliphatic heterocycles.